The molecule has 1 aromatic carbocycles. The summed E-state index contributed by atoms with van der Waals surface area (Å²) >= 11 is 0. The van der Waals surface area contributed by atoms with E-state index in [-0.39, 0.29) is 5.41 Å². The summed E-state index contributed by atoms with van der Waals surface area (Å²) in [6.07, 6.45) is 1.04. The van der Waals surface area contributed by atoms with Crippen molar-refractivity contribution in [3.63, 3.8) is 0 Å². The van der Waals surface area contributed by atoms with Gasteiger partial charge in [0.25, 0.3) is 0 Å². The summed E-state index contributed by atoms with van der Waals surface area (Å²) in [5.74, 6) is 1.66. The molecule has 0 unspecified atom stereocenters. The highest BCUT2D eigenvalue weighted by molar-refractivity contribution is 5.40. The van der Waals surface area contributed by atoms with E-state index < -0.39 is 0 Å². The van der Waals surface area contributed by atoms with Crippen molar-refractivity contribution in [2.24, 2.45) is 5.41 Å². The fourth-order valence-electron chi connectivity index (χ4n) is 2.00. The molecule has 20 heavy (non-hydrogen) atoms. The smallest absolute Gasteiger partial charge is 0.127 e. The first kappa shape index (κ1) is 16.8. The molecule has 1 aromatic rings. The van der Waals surface area contributed by atoms with Crippen LogP contribution in [-0.4, -0.2) is 34.5 Å². The molecule has 0 heterocycles. The van der Waals surface area contributed by atoms with Gasteiger partial charge < -0.3 is 19.5 Å². The van der Waals surface area contributed by atoms with Crippen molar-refractivity contribution in [1.82, 2.24) is 5.32 Å². The quantitative estimate of drug-likeness (QED) is 0.755. The van der Waals surface area contributed by atoms with Crippen molar-refractivity contribution in [3.05, 3.63) is 23.8 Å². The zero-order valence-corrected chi connectivity index (χ0v) is 13.3. The van der Waals surface area contributed by atoms with E-state index in [9.17, 15) is 0 Å². The lowest BCUT2D eigenvalue weighted by molar-refractivity contribution is 0.150. The molecule has 1 rings (SSSR count). The molecule has 0 aliphatic rings. The van der Waals surface area contributed by atoms with Gasteiger partial charge in [0.1, 0.15) is 11.5 Å². The van der Waals surface area contributed by atoms with Crippen molar-refractivity contribution in [1.29, 1.82) is 0 Å². The van der Waals surface area contributed by atoms with E-state index in [0.29, 0.717) is 0 Å². The van der Waals surface area contributed by atoms with Gasteiger partial charge in [-0.15, -0.1) is 0 Å². The van der Waals surface area contributed by atoms with Gasteiger partial charge in [-0.05, 0) is 17.9 Å². The Hall–Kier alpha value is -1.26. The van der Waals surface area contributed by atoms with Gasteiger partial charge in [0.2, 0.25) is 0 Å². The van der Waals surface area contributed by atoms with Crippen LogP contribution in [0, 0.1) is 5.41 Å². The highest BCUT2D eigenvalue weighted by Gasteiger charge is 2.17. The van der Waals surface area contributed by atoms with Crippen LogP contribution in [0.15, 0.2) is 18.2 Å². The van der Waals surface area contributed by atoms with E-state index in [1.165, 1.54) is 0 Å². The van der Waals surface area contributed by atoms with Crippen LogP contribution >= 0.6 is 0 Å². The van der Waals surface area contributed by atoms with Crippen LogP contribution in [0.25, 0.3) is 0 Å². The largest absolute Gasteiger partial charge is 0.497 e. The Morgan fingerprint density at radius 2 is 1.85 bits per heavy atom. The van der Waals surface area contributed by atoms with Gasteiger partial charge in [-0.25, -0.2) is 0 Å². The first-order valence-electron chi connectivity index (χ1n) is 6.93. The molecule has 0 aliphatic carbocycles. The topological polar surface area (TPSA) is 39.7 Å². The van der Waals surface area contributed by atoms with Crippen LogP contribution in [0.1, 0.15) is 25.8 Å². The second kappa shape index (κ2) is 8.12. The van der Waals surface area contributed by atoms with Gasteiger partial charge >= 0.3 is 0 Å². The lowest BCUT2D eigenvalue weighted by Gasteiger charge is -2.25. The fraction of sp³-hybridized carbons (Fsp3) is 0.625. The van der Waals surface area contributed by atoms with Crippen LogP contribution in [0.2, 0.25) is 0 Å². The van der Waals surface area contributed by atoms with E-state index in [0.717, 1.165) is 43.2 Å². The molecule has 0 bridgehead atoms. The van der Waals surface area contributed by atoms with Crippen LogP contribution < -0.4 is 14.8 Å². The van der Waals surface area contributed by atoms with E-state index in [4.69, 9.17) is 14.2 Å². The van der Waals surface area contributed by atoms with Gasteiger partial charge in [-0.3, -0.25) is 0 Å². The fourth-order valence-corrected chi connectivity index (χ4v) is 2.00. The van der Waals surface area contributed by atoms with Crippen LogP contribution in [0.5, 0.6) is 11.5 Å². The van der Waals surface area contributed by atoms with Gasteiger partial charge in [-0.1, -0.05) is 19.9 Å². The maximum Gasteiger partial charge on any atom is 0.127 e. The minimum Gasteiger partial charge on any atom is -0.497 e. The molecule has 0 amide bonds. The second-order valence-corrected chi connectivity index (χ2v) is 5.69. The monoisotopic (exact) mass is 281 g/mol. The number of hydrogen-bond acceptors (Lipinski definition) is 4. The van der Waals surface area contributed by atoms with Gasteiger partial charge in [0.05, 0.1) is 14.2 Å². The van der Waals surface area contributed by atoms with Crippen molar-refractivity contribution in [3.8, 4) is 11.5 Å². The second-order valence-electron chi connectivity index (χ2n) is 5.69. The third kappa shape index (κ3) is 5.39. The van der Waals surface area contributed by atoms with E-state index >= 15 is 0 Å². The molecule has 0 aliphatic heterocycles. The number of nitrogens with one attached hydrogen (secondary N) is 1. The Bertz CT molecular complexity index is 405. The predicted octanol–water partition coefficient (Wildman–Crippen LogP) is 2.86. The number of ether oxygens (including phenoxy) is 3. The molecule has 4 nitrogen and oxygen atoms in total. The highest BCUT2D eigenvalue weighted by atomic mass is 16.5. The molecule has 0 saturated carbocycles. The maximum absolute atomic E-state index is 5.40. The van der Waals surface area contributed by atoms with Crippen molar-refractivity contribution in [2.45, 2.75) is 26.8 Å². The molecule has 0 spiro atoms. The highest BCUT2D eigenvalue weighted by Crippen LogP contribution is 2.25. The first-order valence-corrected chi connectivity index (χ1v) is 6.93. The molecule has 0 saturated heterocycles. The van der Waals surface area contributed by atoms with Crippen LogP contribution in [0.3, 0.4) is 0 Å². The van der Waals surface area contributed by atoms with Crippen LogP contribution in [0.4, 0.5) is 0 Å². The molecule has 114 valence electrons. The molecular weight excluding hydrogens is 254 g/mol. The average molecular weight is 281 g/mol. The molecule has 0 atom stereocenters. The lowest BCUT2D eigenvalue weighted by atomic mass is 9.89. The Labute approximate surface area is 122 Å². The summed E-state index contributed by atoms with van der Waals surface area (Å²) in [5, 5.41) is 3.49. The molecule has 0 radical (unpaired) electrons. The average Bonchev–Trinajstić information content (AvgIpc) is 2.45. The number of rotatable bonds is 9. The first-order chi connectivity index (χ1) is 9.52. The molecule has 0 aromatic heterocycles. The predicted molar refractivity (Wildman–Crippen MR) is 81.5 cm³/mol. The zero-order valence-electron chi connectivity index (χ0n) is 13.3. The molecular formula is C16H27NO3. The SMILES string of the molecule is COCCC(C)(C)CNCc1ccc(OC)cc1OC. The summed E-state index contributed by atoms with van der Waals surface area (Å²) in [4.78, 5) is 0. The van der Waals surface area contributed by atoms with Crippen molar-refractivity contribution >= 4 is 0 Å². The minimum absolute atomic E-state index is 0.218. The Morgan fingerprint density at radius 1 is 1.10 bits per heavy atom. The van der Waals surface area contributed by atoms with Crippen molar-refractivity contribution in [2.75, 3.05) is 34.5 Å². The van der Waals surface area contributed by atoms with Gasteiger partial charge in [-0.2, -0.15) is 0 Å². The van der Waals surface area contributed by atoms with Gasteiger partial charge in [0.15, 0.2) is 0 Å². The molecule has 0 fully saturated rings. The normalized spacial score (nSPS) is 11.4. The zero-order chi connectivity index (χ0) is 15.0. The maximum atomic E-state index is 5.40. The number of methoxy groups -OCH3 is 3. The standard InChI is InChI=1S/C16H27NO3/c1-16(2,8-9-18-3)12-17-11-13-6-7-14(19-4)10-15(13)20-5/h6-7,10,17H,8-9,11-12H2,1-5H3. The summed E-state index contributed by atoms with van der Waals surface area (Å²) in [5.41, 5.74) is 1.35. The summed E-state index contributed by atoms with van der Waals surface area (Å²) in [6.45, 7) is 6.99. The third-order valence-corrected chi connectivity index (χ3v) is 3.40. The van der Waals surface area contributed by atoms with Crippen LogP contribution in [-0.2, 0) is 11.3 Å². The third-order valence-electron chi connectivity index (χ3n) is 3.40. The lowest BCUT2D eigenvalue weighted by Crippen LogP contribution is -2.30. The van der Waals surface area contributed by atoms with E-state index in [2.05, 4.69) is 19.2 Å². The van der Waals surface area contributed by atoms with Crippen molar-refractivity contribution < 1.29 is 14.2 Å². The van der Waals surface area contributed by atoms with E-state index in [1.54, 1.807) is 21.3 Å². The minimum atomic E-state index is 0.218. The Balaban J connectivity index is 2.53. The number of benzene rings is 1. The summed E-state index contributed by atoms with van der Waals surface area (Å²) < 4.78 is 15.7. The number of hydrogen-bond donors (Lipinski definition) is 1. The Morgan fingerprint density at radius 3 is 2.45 bits per heavy atom. The molecule has 4 heteroatoms. The Kier molecular flexibility index (Phi) is 6.82. The molecule has 1 N–H and O–H groups in total. The summed E-state index contributed by atoms with van der Waals surface area (Å²) in [6, 6.07) is 5.90. The van der Waals surface area contributed by atoms with E-state index in [1.807, 2.05) is 18.2 Å². The summed E-state index contributed by atoms with van der Waals surface area (Å²) in [7, 11) is 5.08. The van der Waals surface area contributed by atoms with Gasteiger partial charge in [0, 0.05) is 38.4 Å².